The van der Waals surface area contributed by atoms with Crippen molar-refractivity contribution in [3.05, 3.63) is 47.9 Å². The third-order valence-electron chi connectivity index (χ3n) is 7.46. The zero-order valence-electron chi connectivity index (χ0n) is 18.3. The molecule has 2 aliphatic heterocycles. The van der Waals surface area contributed by atoms with Crippen molar-refractivity contribution in [2.75, 3.05) is 26.2 Å². The SMILES string of the molecule is CCC(C)(C)n1nnnc1[C@H](c1ccc2ncccc2c1)[NH+]1CC[NH+]2CCC[C@@H]2C1. The average Bonchev–Trinajstić information content (AvgIpc) is 3.43. The average molecular weight is 408 g/mol. The summed E-state index contributed by atoms with van der Waals surface area (Å²) in [5, 5.41) is 14.4. The molecule has 30 heavy (non-hydrogen) atoms. The number of fused-ring (bicyclic) bond motifs is 2. The van der Waals surface area contributed by atoms with Crippen molar-refractivity contribution in [3.8, 4) is 0 Å². The van der Waals surface area contributed by atoms with Crippen molar-refractivity contribution in [3.63, 3.8) is 0 Å². The number of quaternary nitrogens is 2. The molecule has 2 unspecified atom stereocenters. The molecular weight excluding hydrogens is 374 g/mol. The molecule has 0 saturated carbocycles. The first-order valence-corrected chi connectivity index (χ1v) is 11.4. The second-order valence-corrected chi connectivity index (χ2v) is 9.61. The molecule has 0 aliphatic carbocycles. The smallest absolute Gasteiger partial charge is 0.214 e. The monoisotopic (exact) mass is 407 g/mol. The maximum atomic E-state index is 4.61. The van der Waals surface area contributed by atoms with Crippen LogP contribution in [0, 0.1) is 0 Å². The zero-order chi connectivity index (χ0) is 20.7. The Morgan fingerprint density at radius 2 is 2.10 bits per heavy atom. The lowest BCUT2D eigenvalue weighted by Crippen LogP contribution is -3.29. The summed E-state index contributed by atoms with van der Waals surface area (Å²) < 4.78 is 2.08. The number of hydrogen-bond donors (Lipinski definition) is 2. The molecule has 4 heterocycles. The highest BCUT2D eigenvalue weighted by molar-refractivity contribution is 5.79. The van der Waals surface area contributed by atoms with Gasteiger partial charge in [-0.25, -0.2) is 4.68 Å². The van der Waals surface area contributed by atoms with Crippen LogP contribution in [0.2, 0.25) is 0 Å². The van der Waals surface area contributed by atoms with Gasteiger partial charge in [0.1, 0.15) is 25.7 Å². The first-order chi connectivity index (χ1) is 14.6. The first-order valence-electron chi connectivity index (χ1n) is 11.4. The predicted molar refractivity (Wildman–Crippen MR) is 115 cm³/mol. The van der Waals surface area contributed by atoms with E-state index in [1.165, 1.54) is 43.4 Å². The molecule has 1 aromatic carbocycles. The normalized spacial score (nSPS) is 25.4. The Labute approximate surface area is 178 Å². The lowest BCUT2D eigenvalue weighted by molar-refractivity contribution is -1.03. The van der Waals surface area contributed by atoms with Crippen molar-refractivity contribution in [1.82, 2.24) is 25.2 Å². The number of piperazine rings is 1. The van der Waals surface area contributed by atoms with E-state index in [2.05, 4.69) is 70.2 Å². The van der Waals surface area contributed by atoms with E-state index in [1.807, 2.05) is 12.3 Å². The lowest BCUT2D eigenvalue weighted by atomic mass is 9.97. The van der Waals surface area contributed by atoms with Gasteiger partial charge in [0, 0.05) is 30.0 Å². The Morgan fingerprint density at radius 3 is 2.97 bits per heavy atom. The van der Waals surface area contributed by atoms with Crippen molar-refractivity contribution in [2.24, 2.45) is 0 Å². The zero-order valence-corrected chi connectivity index (χ0v) is 18.3. The number of benzene rings is 1. The van der Waals surface area contributed by atoms with Crippen molar-refractivity contribution in [2.45, 2.75) is 57.7 Å². The Hall–Kier alpha value is -2.38. The molecule has 3 aromatic rings. The largest absolute Gasteiger partial charge is 0.323 e. The van der Waals surface area contributed by atoms with E-state index in [0.717, 1.165) is 30.3 Å². The Bertz CT molecular complexity index is 1030. The second-order valence-electron chi connectivity index (χ2n) is 9.61. The van der Waals surface area contributed by atoms with Crippen LogP contribution in [0.1, 0.15) is 57.5 Å². The molecule has 158 valence electrons. The Morgan fingerprint density at radius 1 is 1.20 bits per heavy atom. The van der Waals surface area contributed by atoms with Gasteiger partial charge >= 0.3 is 0 Å². The molecule has 4 atom stereocenters. The van der Waals surface area contributed by atoms with Gasteiger partial charge in [-0.05, 0) is 48.9 Å². The predicted octanol–water partition coefficient (Wildman–Crippen LogP) is 0.402. The molecule has 0 amide bonds. The van der Waals surface area contributed by atoms with Crippen LogP contribution >= 0.6 is 0 Å². The summed E-state index contributed by atoms with van der Waals surface area (Å²) in [6.07, 6.45) is 5.55. The van der Waals surface area contributed by atoms with Gasteiger partial charge in [0.25, 0.3) is 0 Å². The van der Waals surface area contributed by atoms with E-state index in [9.17, 15) is 0 Å². The van der Waals surface area contributed by atoms with Crippen LogP contribution in [-0.4, -0.2) is 57.4 Å². The number of nitrogens with zero attached hydrogens (tertiary/aromatic N) is 5. The van der Waals surface area contributed by atoms with Crippen LogP contribution in [-0.2, 0) is 5.54 Å². The van der Waals surface area contributed by atoms with Crippen molar-refractivity contribution < 1.29 is 9.80 Å². The standard InChI is InChI=1S/C23H31N7/c1-4-23(2,3)30-22(25-26-27-30)21(29-14-13-28-12-6-8-19(28)16-29)18-9-10-20-17(15-18)7-5-11-24-20/h5,7,9-11,15,19,21H,4,6,8,12-14,16H2,1-3H3/p+2/t19-,21+/m1/s1. The van der Waals surface area contributed by atoms with E-state index in [0.29, 0.717) is 0 Å². The minimum absolute atomic E-state index is 0.116. The van der Waals surface area contributed by atoms with Gasteiger partial charge in [0.2, 0.25) is 5.82 Å². The summed E-state index contributed by atoms with van der Waals surface area (Å²) in [6, 6.07) is 11.7. The summed E-state index contributed by atoms with van der Waals surface area (Å²) in [5.41, 5.74) is 2.21. The minimum Gasteiger partial charge on any atom is -0.323 e. The van der Waals surface area contributed by atoms with Crippen molar-refractivity contribution in [1.29, 1.82) is 0 Å². The highest BCUT2D eigenvalue weighted by atomic mass is 15.6. The van der Waals surface area contributed by atoms with E-state index in [-0.39, 0.29) is 11.6 Å². The summed E-state index contributed by atoms with van der Waals surface area (Å²) in [7, 11) is 0. The van der Waals surface area contributed by atoms with Gasteiger partial charge in [-0.1, -0.05) is 19.1 Å². The molecule has 2 fully saturated rings. The van der Waals surface area contributed by atoms with Gasteiger partial charge in [-0.3, -0.25) is 4.98 Å². The fraction of sp³-hybridized carbons (Fsp3) is 0.565. The maximum Gasteiger partial charge on any atom is 0.214 e. The Balaban J connectivity index is 1.60. The second kappa shape index (κ2) is 7.71. The lowest BCUT2D eigenvalue weighted by Gasteiger charge is -2.37. The van der Waals surface area contributed by atoms with Crippen LogP contribution in [0.3, 0.4) is 0 Å². The third kappa shape index (κ3) is 3.40. The number of tetrazole rings is 1. The van der Waals surface area contributed by atoms with Crippen LogP contribution in [0.25, 0.3) is 10.9 Å². The molecule has 2 saturated heterocycles. The van der Waals surface area contributed by atoms with Gasteiger partial charge in [0.15, 0.2) is 6.04 Å². The number of aromatic nitrogens is 5. The van der Waals surface area contributed by atoms with E-state index in [4.69, 9.17) is 0 Å². The molecule has 2 aliphatic rings. The van der Waals surface area contributed by atoms with Gasteiger partial charge in [0.05, 0.1) is 17.6 Å². The van der Waals surface area contributed by atoms with E-state index >= 15 is 0 Å². The molecular formula is C23H33N7+2. The molecule has 0 bridgehead atoms. The molecule has 5 rings (SSSR count). The summed E-state index contributed by atoms with van der Waals surface area (Å²) in [6.45, 7) is 11.6. The number of rotatable bonds is 5. The molecule has 7 nitrogen and oxygen atoms in total. The Kier molecular flexibility index (Phi) is 5.03. The van der Waals surface area contributed by atoms with Gasteiger partial charge in [-0.2, -0.15) is 0 Å². The fourth-order valence-electron chi connectivity index (χ4n) is 5.36. The summed E-state index contributed by atoms with van der Waals surface area (Å²) in [5.74, 6) is 0.988. The first kappa shape index (κ1) is 19.6. The fourth-order valence-corrected chi connectivity index (χ4v) is 5.36. The number of pyridine rings is 1. The van der Waals surface area contributed by atoms with Crippen LogP contribution in [0.4, 0.5) is 0 Å². The van der Waals surface area contributed by atoms with E-state index < -0.39 is 0 Å². The number of hydrogen-bond acceptors (Lipinski definition) is 4. The van der Waals surface area contributed by atoms with Crippen LogP contribution in [0.15, 0.2) is 36.5 Å². The van der Waals surface area contributed by atoms with Crippen LogP contribution in [0.5, 0.6) is 0 Å². The topological polar surface area (TPSA) is 65.4 Å². The molecule has 0 radical (unpaired) electrons. The van der Waals surface area contributed by atoms with Crippen molar-refractivity contribution >= 4 is 10.9 Å². The quantitative estimate of drug-likeness (QED) is 0.643. The molecule has 7 heteroatoms. The minimum atomic E-state index is -0.116. The maximum absolute atomic E-state index is 4.61. The highest BCUT2D eigenvalue weighted by Gasteiger charge is 2.43. The third-order valence-corrected chi connectivity index (χ3v) is 7.46. The highest BCUT2D eigenvalue weighted by Crippen LogP contribution is 2.26. The summed E-state index contributed by atoms with van der Waals surface area (Å²) in [4.78, 5) is 7.91. The van der Waals surface area contributed by atoms with E-state index in [1.54, 1.807) is 9.80 Å². The van der Waals surface area contributed by atoms with Crippen LogP contribution < -0.4 is 9.80 Å². The molecule has 2 aromatic heterocycles. The molecule has 0 spiro atoms. The molecule has 2 N–H and O–H groups in total. The number of nitrogens with one attached hydrogen (secondary N) is 2. The van der Waals surface area contributed by atoms with Gasteiger partial charge in [-0.15, -0.1) is 5.10 Å². The van der Waals surface area contributed by atoms with Gasteiger partial charge < -0.3 is 9.80 Å². The summed E-state index contributed by atoms with van der Waals surface area (Å²) >= 11 is 0.